The van der Waals surface area contributed by atoms with Crippen molar-refractivity contribution in [3.8, 4) is 5.88 Å². The zero-order valence-electron chi connectivity index (χ0n) is 12.4. The van der Waals surface area contributed by atoms with Crippen molar-refractivity contribution in [1.82, 2.24) is 10.5 Å². The molecule has 1 N–H and O–H groups in total. The van der Waals surface area contributed by atoms with Crippen molar-refractivity contribution < 1.29 is 23.6 Å². The summed E-state index contributed by atoms with van der Waals surface area (Å²) in [4.78, 5) is 25.2. The molecule has 0 atom stereocenters. The summed E-state index contributed by atoms with van der Waals surface area (Å²) in [5, 5.41) is 6.34. The molecular formula is C15H15N3O5. The van der Waals surface area contributed by atoms with E-state index in [9.17, 15) is 9.59 Å². The molecule has 0 unspecified atom stereocenters. The summed E-state index contributed by atoms with van der Waals surface area (Å²) in [6.07, 6.45) is 0. The number of methoxy groups -OCH3 is 1. The van der Waals surface area contributed by atoms with Gasteiger partial charge >= 0.3 is 12.0 Å². The van der Waals surface area contributed by atoms with Gasteiger partial charge in [0, 0.05) is 24.8 Å². The third-order valence-corrected chi connectivity index (χ3v) is 3.36. The number of urea groups is 1. The highest BCUT2D eigenvalue weighted by molar-refractivity contribution is 5.95. The van der Waals surface area contributed by atoms with Crippen LogP contribution in [0.5, 0.6) is 5.88 Å². The van der Waals surface area contributed by atoms with E-state index in [0.29, 0.717) is 30.3 Å². The first-order valence-electron chi connectivity index (χ1n) is 6.99. The fraction of sp³-hybridized carbons (Fsp3) is 0.267. The van der Waals surface area contributed by atoms with E-state index in [4.69, 9.17) is 14.0 Å². The quantitative estimate of drug-likeness (QED) is 0.841. The number of hydrogen-bond acceptors (Lipinski definition) is 6. The van der Waals surface area contributed by atoms with E-state index < -0.39 is 5.97 Å². The Morgan fingerprint density at radius 1 is 1.39 bits per heavy atom. The Hall–Kier alpha value is -3.03. The standard InChI is InChI=1S/C15H15N3O5/c1-21-13-8-12(23-17-13)9-22-14(19)10-2-4-11(5-3-10)18-7-6-16-15(18)20/h2-5,8H,6-7,9H2,1H3,(H,16,20). The molecular weight excluding hydrogens is 302 g/mol. The van der Waals surface area contributed by atoms with Crippen LogP contribution in [0, 0.1) is 0 Å². The highest BCUT2D eigenvalue weighted by Crippen LogP contribution is 2.18. The van der Waals surface area contributed by atoms with Gasteiger partial charge < -0.3 is 19.3 Å². The molecule has 1 aliphatic heterocycles. The number of rotatable bonds is 5. The van der Waals surface area contributed by atoms with Gasteiger partial charge in [0.2, 0.25) is 0 Å². The number of esters is 1. The molecule has 0 bridgehead atoms. The SMILES string of the molecule is COc1cc(COC(=O)c2ccc(N3CCNC3=O)cc2)on1. The van der Waals surface area contributed by atoms with Crippen molar-refractivity contribution in [3.05, 3.63) is 41.7 Å². The van der Waals surface area contributed by atoms with Gasteiger partial charge in [-0.2, -0.15) is 0 Å². The molecule has 23 heavy (non-hydrogen) atoms. The van der Waals surface area contributed by atoms with E-state index in [2.05, 4.69) is 10.5 Å². The van der Waals surface area contributed by atoms with Crippen LogP contribution in [0.15, 0.2) is 34.9 Å². The number of aromatic nitrogens is 1. The first kappa shape index (κ1) is 14.9. The van der Waals surface area contributed by atoms with Crippen molar-refractivity contribution in [2.24, 2.45) is 0 Å². The Balaban J connectivity index is 1.60. The Kier molecular flexibility index (Phi) is 4.13. The molecule has 0 spiro atoms. The normalized spacial score (nSPS) is 13.8. The zero-order chi connectivity index (χ0) is 16.2. The number of anilines is 1. The number of ether oxygens (including phenoxy) is 2. The minimum absolute atomic E-state index is 0.0362. The first-order chi connectivity index (χ1) is 11.2. The van der Waals surface area contributed by atoms with Crippen LogP contribution in [0.2, 0.25) is 0 Å². The molecule has 1 fully saturated rings. The molecule has 2 aromatic rings. The van der Waals surface area contributed by atoms with E-state index in [1.54, 1.807) is 35.2 Å². The fourth-order valence-corrected chi connectivity index (χ4v) is 2.17. The van der Waals surface area contributed by atoms with Crippen LogP contribution in [0.25, 0.3) is 0 Å². The average molecular weight is 317 g/mol. The van der Waals surface area contributed by atoms with Crippen LogP contribution < -0.4 is 15.0 Å². The summed E-state index contributed by atoms with van der Waals surface area (Å²) in [5.74, 6) is 0.225. The third kappa shape index (κ3) is 3.25. The predicted molar refractivity (Wildman–Crippen MR) is 79.4 cm³/mol. The van der Waals surface area contributed by atoms with E-state index in [-0.39, 0.29) is 12.6 Å². The minimum Gasteiger partial charge on any atom is -0.479 e. The second-order valence-corrected chi connectivity index (χ2v) is 4.84. The van der Waals surface area contributed by atoms with Gasteiger partial charge in [0.25, 0.3) is 5.88 Å². The minimum atomic E-state index is -0.488. The number of nitrogens with zero attached hydrogens (tertiary/aromatic N) is 2. The summed E-state index contributed by atoms with van der Waals surface area (Å²) in [6.45, 7) is 1.19. The second-order valence-electron chi connectivity index (χ2n) is 4.84. The molecule has 1 aliphatic rings. The van der Waals surface area contributed by atoms with Crippen LogP contribution in [-0.4, -0.2) is 37.4 Å². The molecule has 1 aromatic heterocycles. The number of nitrogens with one attached hydrogen (secondary N) is 1. The Morgan fingerprint density at radius 2 is 2.17 bits per heavy atom. The van der Waals surface area contributed by atoms with Crippen LogP contribution in [0.1, 0.15) is 16.1 Å². The Labute approximate surface area is 131 Å². The van der Waals surface area contributed by atoms with Crippen LogP contribution in [0.3, 0.4) is 0 Å². The van der Waals surface area contributed by atoms with Crippen LogP contribution in [0.4, 0.5) is 10.5 Å². The van der Waals surface area contributed by atoms with Crippen LogP contribution in [-0.2, 0) is 11.3 Å². The molecule has 1 saturated heterocycles. The average Bonchev–Trinajstić information content (AvgIpc) is 3.21. The summed E-state index contributed by atoms with van der Waals surface area (Å²) in [7, 11) is 1.47. The Bertz CT molecular complexity index is 710. The lowest BCUT2D eigenvalue weighted by atomic mass is 10.2. The molecule has 2 heterocycles. The van der Waals surface area contributed by atoms with Gasteiger partial charge in [0.1, 0.15) is 0 Å². The van der Waals surface area contributed by atoms with Crippen molar-refractivity contribution in [3.63, 3.8) is 0 Å². The van der Waals surface area contributed by atoms with Crippen LogP contribution >= 0.6 is 0 Å². The Morgan fingerprint density at radius 3 is 2.78 bits per heavy atom. The van der Waals surface area contributed by atoms with E-state index in [0.717, 1.165) is 5.69 Å². The van der Waals surface area contributed by atoms with Crippen molar-refractivity contribution in [1.29, 1.82) is 0 Å². The molecule has 1 aromatic carbocycles. The number of amides is 2. The summed E-state index contributed by atoms with van der Waals surface area (Å²) in [5.41, 5.74) is 1.12. The van der Waals surface area contributed by atoms with Gasteiger partial charge in [-0.1, -0.05) is 0 Å². The van der Waals surface area contributed by atoms with E-state index in [1.807, 2.05) is 0 Å². The van der Waals surface area contributed by atoms with Gasteiger partial charge in [-0.05, 0) is 29.4 Å². The monoisotopic (exact) mass is 317 g/mol. The van der Waals surface area contributed by atoms with E-state index >= 15 is 0 Å². The van der Waals surface area contributed by atoms with Gasteiger partial charge in [0.15, 0.2) is 12.4 Å². The maximum atomic E-state index is 12.0. The van der Waals surface area contributed by atoms with Gasteiger partial charge in [-0.3, -0.25) is 4.90 Å². The molecule has 0 radical (unpaired) electrons. The third-order valence-electron chi connectivity index (χ3n) is 3.36. The summed E-state index contributed by atoms with van der Waals surface area (Å²) >= 11 is 0. The van der Waals surface area contributed by atoms with E-state index in [1.165, 1.54) is 7.11 Å². The number of benzene rings is 1. The summed E-state index contributed by atoms with van der Waals surface area (Å²) in [6, 6.07) is 8.05. The maximum Gasteiger partial charge on any atom is 0.338 e. The highest BCUT2D eigenvalue weighted by Gasteiger charge is 2.21. The lowest BCUT2D eigenvalue weighted by Crippen LogP contribution is -2.27. The largest absolute Gasteiger partial charge is 0.479 e. The molecule has 0 saturated carbocycles. The highest BCUT2D eigenvalue weighted by atomic mass is 16.6. The molecule has 8 nitrogen and oxygen atoms in total. The second kappa shape index (κ2) is 6.39. The fourth-order valence-electron chi connectivity index (χ4n) is 2.17. The molecule has 3 rings (SSSR count). The van der Waals surface area contributed by atoms with Gasteiger partial charge in [-0.15, -0.1) is 0 Å². The maximum absolute atomic E-state index is 12.0. The topological polar surface area (TPSA) is 93.9 Å². The molecule has 120 valence electrons. The van der Waals surface area contributed by atoms with Crippen molar-refractivity contribution in [2.45, 2.75) is 6.61 Å². The van der Waals surface area contributed by atoms with Crippen molar-refractivity contribution >= 4 is 17.7 Å². The first-order valence-corrected chi connectivity index (χ1v) is 6.99. The smallest absolute Gasteiger partial charge is 0.338 e. The molecule has 0 aliphatic carbocycles. The lowest BCUT2D eigenvalue weighted by Gasteiger charge is -2.14. The van der Waals surface area contributed by atoms with Crippen molar-refractivity contribution in [2.75, 3.05) is 25.1 Å². The molecule has 8 heteroatoms. The predicted octanol–water partition coefficient (Wildman–Crippen LogP) is 1.57. The number of carbonyl (C=O) groups is 2. The summed E-state index contributed by atoms with van der Waals surface area (Å²) < 4.78 is 14.9. The lowest BCUT2D eigenvalue weighted by molar-refractivity contribution is 0.0437. The van der Waals surface area contributed by atoms with Gasteiger partial charge in [0.05, 0.1) is 12.7 Å². The number of carbonyl (C=O) groups excluding carboxylic acids is 2. The zero-order valence-corrected chi connectivity index (χ0v) is 12.4. The molecule has 2 amide bonds. The number of hydrogen-bond donors (Lipinski definition) is 1. The van der Waals surface area contributed by atoms with Gasteiger partial charge in [-0.25, -0.2) is 9.59 Å².